The lowest BCUT2D eigenvalue weighted by molar-refractivity contribution is 0.0998. The molecule has 0 unspecified atom stereocenters. The van der Waals surface area contributed by atoms with E-state index in [0.717, 1.165) is 16.6 Å². The molecule has 0 aliphatic heterocycles. The predicted octanol–water partition coefficient (Wildman–Crippen LogP) is 4.08. The van der Waals surface area contributed by atoms with Gasteiger partial charge in [0.05, 0.1) is 12.8 Å². The Morgan fingerprint density at radius 2 is 2.00 bits per heavy atom. The number of furan rings is 1. The molecular weight excluding hydrogens is 318 g/mol. The number of hydrogen-bond acceptors (Lipinski definition) is 4. The van der Waals surface area contributed by atoms with Crippen molar-refractivity contribution in [1.29, 1.82) is 0 Å². The minimum Gasteiger partial charge on any atom is -0.493 e. The summed E-state index contributed by atoms with van der Waals surface area (Å²) in [6, 6.07) is 16.6. The fourth-order valence-electron chi connectivity index (χ4n) is 2.65. The van der Waals surface area contributed by atoms with Crippen LogP contribution in [0.25, 0.3) is 22.2 Å². The maximum atomic E-state index is 12.4. The smallest absolute Gasteiger partial charge is 0.291 e. The molecule has 2 N–H and O–H groups in total. The first-order chi connectivity index (χ1) is 12.2. The highest BCUT2D eigenvalue weighted by atomic mass is 16.5. The molecule has 124 valence electrons. The van der Waals surface area contributed by atoms with Gasteiger partial charge in [-0.15, -0.1) is 0 Å². The number of anilines is 1. The molecule has 0 saturated heterocycles. The van der Waals surface area contributed by atoms with E-state index in [0.29, 0.717) is 17.0 Å². The van der Waals surface area contributed by atoms with Crippen LogP contribution >= 0.6 is 0 Å². The largest absolute Gasteiger partial charge is 0.493 e. The number of aromatic amines is 1. The fourth-order valence-corrected chi connectivity index (χ4v) is 2.65. The van der Waals surface area contributed by atoms with Crippen LogP contribution in [0.4, 0.5) is 5.69 Å². The Labute approximate surface area is 143 Å². The first-order valence-corrected chi connectivity index (χ1v) is 7.72. The molecule has 2 aromatic carbocycles. The lowest BCUT2D eigenvalue weighted by Gasteiger charge is -2.04. The van der Waals surface area contributed by atoms with Crippen LogP contribution in [0.2, 0.25) is 0 Å². The number of amides is 1. The summed E-state index contributed by atoms with van der Waals surface area (Å²) in [5.41, 5.74) is 3.15. The average molecular weight is 333 g/mol. The molecule has 0 aliphatic carbocycles. The lowest BCUT2D eigenvalue weighted by Crippen LogP contribution is -2.10. The normalized spacial score (nSPS) is 10.8. The second-order valence-electron chi connectivity index (χ2n) is 5.49. The molecule has 2 aromatic heterocycles. The van der Waals surface area contributed by atoms with Crippen LogP contribution in [0.1, 0.15) is 10.6 Å². The number of rotatable bonds is 4. The van der Waals surface area contributed by atoms with E-state index in [1.54, 1.807) is 25.4 Å². The van der Waals surface area contributed by atoms with E-state index in [1.807, 2.05) is 42.5 Å². The third-order valence-corrected chi connectivity index (χ3v) is 3.91. The number of H-pyrrole nitrogens is 1. The van der Waals surface area contributed by atoms with Crippen molar-refractivity contribution in [2.45, 2.75) is 0 Å². The Kier molecular flexibility index (Phi) is 3.70. The highest BCUT2D eigenvalue weighted by Gasteiger charge is 2.15. The zero-order valence-corrected chi connectivity index (χ0v) is 13.4. The van der Waals surface area contributed by atoms with Gasteiger partial charge in [0, 0.05) is 17.3 Å². The van der Waals surface area contributed by atoms with Gasteiger partial charge < -0.3 is 14.5 Å². The second kappa shape index (κ2) is 6.16. The van der Waals surface area contributed by atoms with Crippen LogP contribution in [0.3, 0.4) is 0 Å². The Morgan fingerprint density at radius 3 is 2.72 bits per heavy atom. The van der Waals surface area contributed by atoms with Gasteiger partial charge in [0.2, 0.25) is 0 Å². The Hall–Kier alpha value is -3.54. The summed E-state index contributed by atoms with van der Waals surface area (Å²) in [6.45, 7) is 0. The minimum atomic E-state index is -0.312. The number of nitrogens with zero attached hydrogens (tertiary/aromatic N) is 1. The summed E-state index contributed by atoms with van der Waals surface area (Å²) in [6.07, 6.45) is 1.70. The van der Waals surface area contributed by atoms with Gasteiger partial charge >= 0.3 is 0 Å². The molecule has 4 rings (SSSR count). The zero-order valence-electron chi connectivity index (χ0n) is 13.4. The van der Waals surface area contributed by atoms with Gasteiger partial charge in [-0.25, -0.2) is 0 Å². The molecular formula is C19H15N3O3. The van der Waals surface area contributed by atoms with Crippen molar-refractivity contribution in [3.63, 3.8) is 0 Å². The summed E-state index contributed by atoms with van der Waals surface area (Å²) in [5.74, 6) is 0.519. The second-order valence-corrected chi connectivity index (χ2v) is 5.49. The SMILES string of the molecule is COc1cccc2cc(C(=O)Nc3ccc(-c4ccn[nH]4)cc3)oc12. The van der Waals surface area contributed by atoms with E-state index >= 15 is 0 Å². The minimum absolute atomic E-state index is 0.233. The molecule has 25 heavy (non-hydrogen) atoms. The van der Waals surface area contributed by atoms with E-state index in [-0.39, 0.29) is 11.7 Å². The lowest BCUT2D eigenvalue weighted by atomic mass is 10.1. The molecule has 2 heterocycles. The van der Waals surface area contributed by atoms with E-state index in [2.05, 4.69) is 15.5 Å². The number of nitrogens with one attached hydrogen (secondary N) is 2. The number of methoxy groups -OCH3 is 1. The van der Waals surface area contributed by atoms with Gasteiger partial charge in [0.1, 0.15) is 0 Å². The summed E-state index contributed by atoms with van der Waals surface area (Å²) in [4.78, 5) is 12.4. The molecule has 0 radical (unpaired) electrons. The highest BCUT2D eigenvalue weighted by molar-refractivity contribution is 6.05. The van der Waals surface area contributed by atoms with Gasteiger partial charge in [0.15, 0.2) is 17.1 Å². The van der Waals surface area contributed by atoms with Crippen LogP contribution in [0, 0.1) is 0 Å². The zero-order chi connectivity index (χ0) is 17.2. The van der Waals surface area contributed by atoms with Crippen LogP contribution in [-0.4, -0.2) is 23.2 Å². The first-order valence-electron chi connectivity index (χ1n) is 7.72. The number of benzene rings is 2. The first kappa shape index (κ1) is 15.0. The number of fused-ring (bicyclic) bond motifs is 1. The molecule has 0 saturated carbocycles. The van der Waals surface area contributed by atoms with Gasteiger partial charge in [0.25, 0.3) is 5.91 Å². The monoisotopic (exact) mass is 333 g/mol. The van der Waals surface area contributed by atoms with Crippen molar-refractivity contribution in [3.8, 4) is 17.0 Å². The molecule has 6 nitrogen and oxygen atoms in total. The van der Waals surface area contributed by atoms with E-state index < -0.39 is 0 Å². The van der Waals surface area contributed by atoms with Crippen molar-refractivity contribution >= 4 is 22.6 Å². The number of carbonyl (C=O) groups is 1. The van der Waals surface area contributed by atoms with Crippen LogP contribution in [-0.2, 0) is 0 Å². The molecule has 0 atom stereocenters. The summed E-state index contributed by atoms with van der Waals surface area (Å²) in [5, 5.41) is 10.5. The van der Waals surface area contributed by atoms with Gasteiger partial charge in [-0.2, -0.15) is 5.10 Å². The van der Waals surface area contributed by atoms with Gasteiger partial charge in [-0.1, -0.05) is 24.3 Å². The highest BCUT2D eigenvalue weighted by Crippen LogP contribution is 2.29. The van der Waals surface area contributed by atoms with E-state index in [1.165, 1.54) is 0 Å². The Bertz CT molecular complexity index is 1020. The summed E-state index contributed by atoms with van der Waals surface area (Å²) < 4.78 is 10.9. The maximum absolute atomic E-state index is 12.4. The number of aromatic nitrogens is 2. The van der Waals surface area contributed by atoms with Crippen molar-refractivity contribution in [2.75, 3.05) is 12.4 Å². The molecule has 0 bridgehead atoms. The van der Waals surface area contributed by atoms with Crippen molar-refractivity contribution in [3.05, 3.63) is 66.6 Å². The number of para-hydroxylation sites is 1. The molecule has 4 aromatic rings. The van der Waals surface area contributed by atoms with Crippen LogP contribution in [0.5, 0.6) is 5.75 Å². The van der Waals surface area contributed by atoms with Crippen molar-refractivity contribution in [1.82, 2.24) is 10.2 Å². The van der Waals surface area contributed by atoms with Crippen molar-refractivity contribution < 1.29 is 13.9 Å². The number of carbonyl (C=O) groups excluding carboxylic acids is 1. The Morgan fingerprint density at radius 1 is 1.16 bits per heavy atom. The third kappa shape index (κ3) is 2.85. The summed E-state index contributed by atoms with van der Waals surface area (Å²) in [7, 11) is 1.57. The average Bonchev–Trinajstić information content (AvgIpc) is 3.31. The number of ether oxygens (including phenoxy) is 1. The maximum Gasteiger partial charge on any atom is 0.291 e. The standard InChI is InChI=1S/C19H15N3O3/c1-24-16-4-2-3-13-11-17(25-18(13)16)19(23)21-14-7-5-12(6-8-14)15-9-10-20-22-15/h2-11H,1H3,(H,20,22)(H,21,23). The third-order valence-electron chi connectivity index (χ3n) is 3.91. The van der Waals surface area contributed by atoms with E-state index in [4.69, 9.17) is 9.15 Å². The number of hydrogen-bond donors (Lipinski definition) is 2. The predicted molar refractivity (Wildman–Crippen MR) is 94.7 cm³/mol. The fraction of sp³-hybridized carbons (Fsp3) is 0.0526. The van der Waals surface area contributed by atoms with Crippen molar-refractivity contribution in [2.24, 2.45) is 0 Å². The molecule has 1 amide bonds. The van der Waals surface area contributed by atoms with Gasteiger partial charge in [-0.3, -0.25) is 9.89 Å². The quantitative estimate of drug-likeness (QED) is 0.589. The van der Waals surface area contributed by atoms with Crippen LogP contribution < -0.4 is 10.1 Å². The van der Waals surface area contributed by atoms with E-state index in [9.17, 15) is 4.79 Å². The molecule has 0 aliphatic rings. The molecule has 6 heteroatoms. The van der Waals surface area contributed by atoms with Gasteiger partial charge in [-0.05, 0) is 35.9 Å². The Balaban J connectivity index is 1.56. The van der Waals surface area contributed by atoms with Crippen LogP contribution in [0.15, 0.2) is 65.2 Å². The molecule has 0 fully saturated rings. The summed E-state index contributed by atoms with van der Waals surface area (Å²) >= 11 is 0. The topological polar surface area (TPSA) is 80.1 Å². The molecule has 0 spiro atoms.